The first kappa shape index (κ1) is 24.0. The van der Waals surface area contributed by atoms with Gasteiger partial charge in [0.2, 0.25) is 6.73 Å². The van der Waals surface area contributed by atoms with E-state index >= 15 is 0 Å². The van der Waals surface area contributed by atoms with Crippen molar-refractivity contribution in [2.75, 3.05) is 51.9 Å². The number of fused-ring (bicyclic) bond motifs is 2. The first-order valence-corrected chi connectivity index (χ1v) is 12.3. The van der Waals surface area contributed by atoms with E-state index in [4.69, 9.17) is 14.5 Å². The summed E-state index contributed by atoms with van der Waals surface area (Å²) >= 11 is 1.74. The molecule has 4 rings (SSSR count). The van der Waals surface area contributed by atoms with E-state index in [0.29, 0.717) is 4.48 Å². The SMILES string of the molecule is CCOC(=O)C(C)NC(=O)OC[N+]1(C)CCN(C2=Nc3ccccc3Nc3sc(C)cc32)CC1. The van der Waals surface area contributed by atoms with Crippen molar-refractivity contribution >= 4 is 45.6 Å². The lowest BCUT2D eigenvalue weighted by molar-refractivity contribution is -0.928. The third-order valence-electron chi connectivity index (χ3n) is 6.08. The molecular weight excluding hydrogens is 454 g/mol. The molecule has 1 saturated heterocycles. The predicted molar refractivity (Wildman–Crippen MR) is 133 cm³/mol. The number of likely N-dealkylation sites (N-methyl/N-ethyl adjacent to an activating group) is 1. The molecule has 182 valence electrons. The average molecular weight is 487 g/mol. The monoisotopic (exact) mass is 486 g/mol. The number of carbonyl (C=O) groups excluding carboxylic acids is 2. The second kappa shape index (κ2) is 10.0. The molecule has 2 N–H and O–H groups in total. The topological polar surface area (TPSA) is 92.3 Å². The second-order valence-corrected chi connectivity index (χ2v) is 10.2. The van der Waals surface area contributed by atoms with Gasteiger partial charge in [0.25, 0.3) is 0 Å². The molecule has 1 aromatic heterocycles. The van der Waals surface area contributed by atoms with Gasteiger partial charge >= 0.3 is 12.1 Å². The summed E-state index contributed by atoms with van der Waals surface area (Å²) < 4.78 is 11.0. The lowest BCUT2D eigenvalue weighted by Gasteiger charge is -2.42. The van der Waals surface area contributed by atoms with E-state index < -0.39 is 18.1 Å². The molecule has 2 aliphatic rings. The summed E-state index contributed by atoms with van der Waals surface area (Å²) in [6.07, 6.45) is -0.614. The number of hydrogen-bond acceptors (Lipinski definition) is 8. The average Bonchev–Trinajstić information content (AvgIpc) is 3.10. The summed E-state index contributed by atoms with van der Waals surface area (Å²) in [6, 6.07) is 9.54. The van der Waals surface area contributed by atoms with E-state index in [1.165, 1.54) is 4.88 Å². The van der Waals surface area contributed by atoms with E-state index in [1.807, 2.05) is 18.2 Å². The van der Waals surface area contributed by atoms with Crippen LogP contribution in [0.1, 0.15) is 24.3 Å². The molecule has 0 aliphatic carbocycles. The standard InChI is InChI=1S/C24H31N5O4S/c1-5-32-23(30)17(3)25-24(31)33-15-29(4)12-10-28(11-13-29)21-18-14-16(2)34-22(18)27-20-9-7-6-8-19(20)26-21/h6-9,14,17H,5,10-13,15H2,1-4H3,(H-,25,26,27,31)/p+1. The molecule has 1 fully saturated rings. The van der Waals surface area contributed by atoms with E-state index in [0.717, 1.165) is 54.0 Å². The molecule has 34 heavy (non-hydrogen) atoms. The van der Waals surface area contributed by atoms with Crippen molar-refractivity contribution in [3.05, 3.63) is 40.8 Å². The Hall–Kier alpha value is -3.11. The summed E-state index contributed by atoms with van der Waals surface area (Å²) in [4.78, 5) is 32.5. The van der Waals surface area contributed by atoms with E-state index in [1.54, 1.807) is 25.2 Å². The number of anilines is 2. The maximum Gasteiger partial charge on any atom is 0.412 e. The van der Waals surface area contributed by atoms with E-state index in [-0.39, 0.29) is 13.3 Å². The summed E-state index contributed by atoms with van der Waals surface area (Å²) in [5.74, 6) is 0.502. The molecule has 1 atom stereocenters. The van der Waals surface area contributed by atoms with Crippen LogP contribution in [-0.4, -0.2) is 79.9 Å². The molecule has 1 unspecified atom stereocenters. The number of ether oxygens (including phenoxy) is 2. The molecule has 1 aromatic carbocycles. The highest BCUT2D eigenvalue weighted by Crippen LogP contribution is 2.39. The third-order valence-corrected chi connectivity index (χ3v) is 7.04. The van der Waals surface area contributed by atoms with Gasteiger partial charge in [-0.1, -0.05) is 12.1 Å². The van der Waals surface area contributed by atoms with Crippen molar-refractivity contribution < 1.29 is 23.5 Å². The molecule has 0 saturated carbocycles. The number of piperazine rings is 1. The maximum atomic E-state index is 12.2. The Balaban J connectivity index is 1.40. The first-order chi connectivity index (χ1) is 16.3. The van der Waals surface area contributed by atoms with Crippen molar-refractivity contribution in [3.63, 3.8) is 0 Å². The van der Waals surface area contributed by atoms with Gasteiger partial charge in [-0.2, -0.15) is 0 Å². The van der Waals surface area contributed by atoms with Crippen molar-refractivity contribution in [3.8, 4) is 0 Å². The van der Waals surface area contributed by atoms with Gasteiger partial charge in [-0.05, 0) is 39.0 Å². The highest BCUT2D eigenvalue weighted by Gasteiger charge is 2.33. The lowest BCUT2D eigenvalue weighted by atomic mass is 10.2. The Morgan fingerprint density at radius 2 is 2.00 bits per heavy atom. The number of carbonyl (C=O) groups is 2. The zero-order valence-electron chi connectivity index (χ0n) is 20.1. The number of para-hydroxylation sites is 2. The Morgan fingerprint density at radius 3 is 2.74 bits per heavy atom. The van der Waals surface area contributed by atoms with Gasteiger partial charge in [-0.25, -0.2) is 14.6 Å². The first-order valence-electron chi connectivity index (χ1n) is 11.5. The fourth-order valence-electron chi connectivity index (χ4n) is 4.04. The molecule has 1 amide bonds. The number of aliphatic imine (C=N–C) groups is 1. The summed E-state index contributed by atoms with van der Waals surface area (Å²) in [5.41, 5.74) is 3.06. The Kier molecular flexibility index (Phi) is 7.08. The number of benzene rings is 1. The van der Waals surface area contributed by atoms with Crippen LogP contribution in [0.3, 0.4) is 0 Å². The normalized spacial score (nSPS) is 17.3. The van der Waals surface area contributed by atoms with Crippen molar-refractivity contribution in [1.29, 1.82) is 0 Å². The second-order valence-electron chi connectivity index (χ2n) is 8.91. The zero-order valence-corrected chi connectivity index (χ0v) is 20.9. The number of amides is 1. The lowest BCUT2D eigenvalue weighted by Crippen LogP contribution is -2.59. The number of rotatable bonds is 5. The van der Waals surface area contributed by atoms with Gasteiger partial charge in [0, 0.05) is 4.88 Å². The number of alkyl carbamates (subject to hydrolysis) is 1. The molecule has 0 radical (unpaired) electrons. The number of aryl methyl sites for hydroxylation is 1. The summed E-state index contributed by atoms with van der Waals surface area (Å²) in [5, 5.41) is 7.19. The zero-order chi connectivity index (χ0) is 24.3. The summed E-state index contributed by atoms with van der Waals surface area (Å²) in [6.45, 7) is 9.09. The van der Waals surface area contributed by atoms with Crippen LogP contribution < -0.4 is 10.6 Å². The van der Waals surface area contributed by atoms with E-state index in [9.17, 15) is 9.59 Å². The van der Waals surface area contributed by atoms with Gasteiger partial charge in [0.05, 0.1) is 56.8 Å². The van der Waals surface area contributed by atoms with Crippen LogP contribution in [0.15, 0.2) is 35.3 Å². The number of quaternary nitrogens is 1. The minimum Gasteiger partial charge on any atom is -0.464 e. The number of nitrogens with zero attached hydrogens (tertiary/aromatic N) is 3. The Bertz CT molecular complexity index is 1090. The largest absolute Gasteiger partial charge is 0.464 e. The Morgan fingerprint density at radius 1 is 1.26 bits per heavy atom. The van der Waals surface area contributed by atoms with Crippen molar-refractivity contribution in [2.24, 2.45) is 4.99 Å². The van der Waals surface area contributed by atoms with Crippen LogP contribution >= 0.6 is 11.3 Å². The van der Waals surface area contributed by atoms with Gasteiger partial charge in [0.15, 0.2) is 0 Å². The molecule has 9 nitrogen and oxygen atoms in total. The van der Waals surface area contributed by atoms with Gasteiger partial charge in [-0.15, -0.1) is 11.3 Å². The number of esters is 1. The van der Waals surface area contributed by atoms with Crippen LogP contribution in [0.4, 0.5) is 21.2 Å². The van der Waals surface area contributed by atoms with Crippen LogP contribution in [0, 0.1) is 6.92 Å². The molecule has 2 aromatic rings. The number of hydrogen-bond donors (Lipinski definition) is 2. The number of nitrogens with one attached hydrogen (secondary N) is 2. The maximum absolute atomic E-state index is 12.2. The Labute approximate surface area is 204 Å². The summed E-state index contributed by atoms with van der Waals surface area (Å²) in [7, 11) is 2.07. The predicted octanol–water partition coefficient (Wildman–Crippen LogP) is 3.59. The molecule has 3 heterocycles. The van der Waals surface area contributed by atoms with Crippen LogP contribution in [0.5, 0.6) is 0 Å². The molecule has 2 aliphatic heterocycles. The number of thiophene rings is 1. The van der Waals surface area contributed by atoms with Crippen molar-refractivity contribution in [1.82, 2.24) is 10.2 Å². The fourth-order valence-corrected chi connectivity index (χ4v) is 4.96. The van der Waals surface area contributed by atoms with Crippen molar-refractivity contribution in [2.45, 2.75) is 26.8 Å². The minimum absolute atomic E-state index is 0.231. The minimum atomic E-state index is -0.748. The number of amidine groups is 1. The molecular formula is C24H32N5O4S+. The highest BCUT2D eigenvalue weighted by molar-refractivity contribution is 7.16. The van der Waals surface area contributed by atoms with E-state index in [2.05, 4.69) is 41.6 Å². The third kappa shape index (κ3) is 5.34. The molecule has 0 spiro atoms. The smallest absolute Gasteiger partial charge is 0.412 e. The fraction of sp³-hybridized carbons (Fsp3) is 0.458. The van der Waals surface area contributed by atoms with Crippen LogP contribution in [-0.2, 0) is 14.3 Å². The molecule has 0 bridgehead atoms. The van der Waals surface area contributed by atoms with Crippen LogP contribution in [0.25, 0.3) is 0 Å². The molecule has 10 heteroatoms. The van der Waals surface area contributed by atoms with Gasteiger partial charge in [-0.3, -0.25) is 4.48 Å². The highest BCUT2D eigenvalue weighted by atomic mass is 32.1. The van der Waals surface area contributed by atoms with Gasteiger partial charge < -0.3 is 25.0 Å². The van der Waals surface area contributed by atoms with Crippen LogP contribution in [0.2, 0.25) is 0 Å². The van der Waals surface area contributed by atoms with Gasteiger partial charge in [0.1, 0.15) is 16.9 Å². The quantitative estimate of drug-likeness (QED) is 0.496.